The van der Waals surface area contributed by atoms with Gasteiger partial charge in [0.05, 0.1) is 0 Å². The van der Waals surface area contributed by atoms with Crippen LogP contribution in [-0.2, 0) is 6.42 Å². The van der Waals surface area contributed by atoms with Crippen molar-refractivity contribution in [3.05, 3.63) is 23.8 Å². The standard InChI is InChI=1S/C16H24N2/c1-12-6-7-14-11-15(8-9-16(14)17-12)18-10-4-3-5-13(18)2/h8-9,11-13,17H,3-7,10H2,1-2H3. The van der Waals surface area contributed by atoms with Gasteiger partial charge >= 0.3 is 0 Å². The van der Waals surface area contributed by atoms with Crippen molar-refractivity contribution in [2.45, 2.75) is 58.0 Å². The van der Waals surface area contributed by atoms with E-state index in [9.17, 15) is 0 Å². The minimum absolute atomic E-state index is 0.622. The fraction of sp³-hybridized carbons (Fsp3) is 0.625. The summed E-state index contributed by atoms with van der Waals surface area (Å²) >= 11 is 0. The fourth-order valence-electron chi connectivity index (χ4n) is 3.30. The first-order chi connectivity index (χ1) is 8.74. The Kier molecular flexibility index (Phi) is 3.19. The maximum atomic E-state index is 3.58. The maximum absolute atomic E-state index is 3.58. The van der Waals surface area contributed by atoms with Crippen LogP contribution in [0.4, 0.5) is 11.4 Å². The Labute approximate surface area is 110 Å². The van der Waals surface area contributed by atoms with Crippen molar-refractivity contribution >= 4 is 11.4 Å². The first-order valence-corrected chi connectivity index (χ1v) is 7.40. The Bertz CT molecular complexity index is 427. The smallest absolute Gasteiger partial charge is 0.0376 e. The third kappa shape index (κ3) is 2.21. The lowest BCUT2D eigenvalue weighted by molar-refractivity contribution is 0.484. The number of anilines is 2. The van der Waals surface area contributed by atoms with Crippen molar-refractivity contribution in [3.63, 3.8) is 0 Å². The average molecular weight is 244 g/mol. The second-order valence-corrected chi connectivity index (χ2v) is 5.96. The first-order valence-electron chi connectivity index (χ1n) is 7.40. The van der Waals surface area contributed by atoms with Crippen LogP contribution in [0.15, 0.2) is 18.2 Å². The minimum Gasteiger partial charge on any atom is -0.382 e. The van der Waals surface area contributed by atoms with E-state index in [1.807, 2.05) is 0 Å². The highest BCUT2D eigenvalue weighted by Gasteiger charge is 2.20. The minimum atomic E-state index is 0.622. The van der Waals surface area contributed by atoms with Gasteiger partial charge in [-0.05, 0) is 69.7 Å². The predicted octanol–water partition coefficient (Wildman–Crippen LogP) is 3.81. The summed E-state index contributed by atoms with van der Waals surface area (Å²) in [6, 6.07) is 8.31. The van der Waals surface area contributed by atoms with E-state index in [1.54, 1.807) is 0 Å². The van der Waals surface area contributed by atoms with Crippen LogP contribution in [0.2, 0.25) is 0 Å². The van der Waals surface area contributed by atoms with E-state index in [-0.39, 0.29) is 0 Å². The van der Waals surface area contributed by atoms with Crippen molar-refractivity contribution < 1.29 is 0 Å². The molecule has 0 spiro atoms. The molecule has 2 heteroatoms. The molecule has 2 aliphatic rings. The molecule has 0 aliphatic carbocycles. The van der Waals surface area contributed by atoms with Gasteiger partial charge < -0.3 is 10.2 Å². The zero-order valence-corrected chi connectivity index (χ0v) is 11.6. The molecule has 1 saturated heterocycles. The summed E-state index contributed by atoms with van der Waals surface area (Å²) in [5, 5.41) is 3.58. The lowest BCUT2D eigenvalue weighted by atomic mass is 9.97. The van der Waals surface area contributed by atoms with Gasteiger partial charge in [-0.3, -0.25) is 0 Å². The normalized spacial score (nSPS) is 27.6. The number of hydrogen-bond donors (Lipinski definition) is 1. The number of nitrogens with one attached hydrogen (secondary N) is 1. The van der Waals surface area contributed by atoms with Crippen LogP contribution in [0.25, 0.3) is 0 Å². The second-order valence-electron chi connectivity index (χ2n) is 5.96. The molecular weight excluding hydrogens is 220 g/mol. The van der Waals surface area contributed by atoms with Crippen molar-refractivity contribution in [1.82, 2.24) is 0 Å². The molecule has 2 unspecified atom stereocenters. The van der Waals surface area contributed by atoms with Gasteiger partial charge in [0, 0.05) is 30.0 Å². The lowest BCUT2D eigenvalue weighted by Crippen LogP contribution is -2.37. The third-order valence-corrected chi connectivity index (χ3v) is 4.47. The van der Waals surface area contributed by atoms with Crippen molar-refractivity contribution in [2.75, 3.05) is 16.8 Å². The Morgan fingerprint density at radius 3 is 2.89 bits per heavy atom. The van der Waals surface area contributed by atoms with Crippen LogP contribution in [0, 0.1) is 0 Å². The number of aryl methyl sites for hydroxylation is 1. The molecule has 3 rings (SSSR count). The van der Waals surface area contributed by atoms with Crippen LogP contribution >= 0.6 is 0 Å². The number of fused-ring (bicyclic) bond motifs is 1. The first kappa shape index (κ1) is 11.9. The van der Waals surface area contributed by atoms with Gasteiger partial charge in [-0.1, -0.05) is 0 Å². The summed E-state index contributed by atoms with van der Waals surface area (Å²) in [6.07, 6.45) is 6.55. The van der Waals surface area contributed by atoms with Gasteiger partial charge in [0.25, 0.3) is 0 Å². The summed E-state index contributed by atoms with van der Waals surface area (Å²) in [4.78, 5) is 2.59. The number of piperidine rings is 1. The summed E-state index contributed by atoms with van der Waals surface area (Å²) in [7, 11) is 0. The molecule has 0 amide bonds. The van der Waals surface area contributed by atoms with E-state index < -0.39 is 0 Å². The second kappa shape index (κ2) is 4.83. The van der Waals surface area contributed by atoms with E-state index in [0.29, 0.717) is 12.1 Å². The molecule has 0 radical (unpaired) electrons. The van der Waals surface area contributed by atoms with Gasteiger partial charge in [-0.15, -0.1) is 0 Å². The van der Waals surface area contributed by atoms with Crippen LogP contribution in [-0.4, -0.2) is 18.6 Å². The quantitative estimate of drug-likeness (QED) is 0.808. The zero-order valence-electron chi connectivity index (χ0n) is 11.6. The highest BCUT2D eigenvalue weighted by molar-refractivity contribution is 5.62. The molecular formula is C16H24N2. The Balaban J connectivity index is 1.85. The SMILES string of the molecule is CC1CCc2cc(N3CCCCC3C)ccc2N1. The number of benzene rings is 1. The lowest BCUT2D eigenvalue weighted by Gasteiger charge is -2.36. The van der Waals surface area contributed by atoms with Crippen LogP contribution in [0.3, 0.4) is 0 Å². The van der Waals surface area contributed by atoms with E-state index in [2.05, 4.69) is 42.3 Å². The molecule has 1 N–H and O–H groups in total. The van der Waals surface area contributed by atoms with Crippen LogP contribution < -0.4 is 10.2 Å². The molecule has 2 nitrogen and oxygen atoms in total. The van der Waals surface area contributed by atoms with E-state index in [1.165, 1.54) is 55.6 Å². The summed E-state index contributed by atoms with van der Waals surface area (Å²) < 4.78 is 0. The van der Waals surface area contributed by atoms with E-state index >= 15 is 0 Å². The molecule has 2 aliphatic heterocycles. The number of nitrogens with zero attached hydrogens (tertiary/aromatic N) is 1. The summed E-state index contributed by atoms with van der Waals surface area (Å²) in [5.74, 6) is 0. The molecule has 0 aromatic heterocycles. The molecule has 2 atom stereocenters. The predicted molar refractivity (Wildman–Crippen MR) is 78.5 cm³/mol. The molecule has 98 valence electrons. The zero-order chi connectivity index (χ0) is 12.5. The highest BCUT2D eigenvalue weighted by Crippen LogP contribution is 2.31. The highest BCUT2D eigenvalue weighted by atomic mass is 15.2. The van der Waals surface area contributed by atoms with Gasteiger partial charge in [0.2, 0.25) is 0 Å². The molecule has 2 heterocycles. The average Bonchev–Trinajstić information content (AvgIpc) is 2.39. The number of rotatable bonds is 1. The van der Waals surface area contributed by atoms with Gasteiger partial charge in [-0.2, -0.15) is 0 Å². The third-order valence-electron chi connectivity index (χ3n) is 4.47. The monoisotopic (exact) mass is 244 g/mol. The molecule has 0 saturated carbocycles. The fourth-order valence-corrected chi connectivity index (χ4v) is 3.30. The van der Waals surface area contributed by atoms with Crippen molar-refractivity contribution in [1.29, 1.82) is 0 Å². The summed E-state index contributed by atoms with van der Waals surface area (Å²) in [5.41, 5.74) is 4.28. The van der Waals surface area contributed by atoms with Crippen LogP contribution in [0.5, 0.6) is 0 Å². The van der Waals surface area contributed by atoms with E-state index in [0.717, 1.165) is 0 Å². The topological polar surface area (TPSA) is 15.3 Å². The molecule has 1 aromatic rings. The molecule has 1 fully saturated rings. The summed E-state index contributed by atoms with van der Waals surface area (Å²) in [6.45, 7) is 5.85. The van der Waals surface area contributed by atoms with Crippen molar-refractivity contribution in [2.24, 2.45) is 0 Å². The van der Waals surface area contributed by atoms with Gasteiger partial charge in [-0.25, -0.2) is 0 Å². The molecule has 0 bridgehead atoms. The molecule has 18 heavy (non-hydrogen) atoms. The largest absolute Gasteiger partial charge is 0.382 e. The van der Waals surface area contributed by atoms with E-state index in [4.69, 9.17) is 0 Å². The Morgan fingerprint density at radius 1 is 1.17 bits per heavy atom. The Morgan fingerprint density at radius 2 is 2.06 bits per heavy atom. The van der Waals surface area contributed by atoms with Crippen molar-refractivity contribution in [3.8, 4) is 0 Å². The van der Waals surface area contributed by atoms with Crippen LogP contribution in [0.1, 0.15) is 45.1 Å². The molecule has 1 aromatic carbocycles. The van der Waals surface area contributed by atoms with Gasteiger partial charge in [0.15, 0.2) is 0 Å². The maximum Gasteiger partial charge on any atom is 0.0376 e. The van der Waals surface area contributed by atoms with Gasteiger partial charge in [0.1, 0.15) is 0 Å². The Hall–Kier alpha value is -1.18. The number of hydrogen-bond acceptors (Lipinski definition) is 2.